The van der Waals surface area contributed by atoms with Crippen LogP contribution in [0.15, 0.2) is 53.6 Å². The van der Waals surface area contributed by atoms with Crippen molar-refractivity contribution in [3.63, 3.8) is 0 Å². The maximum Gasteiger partial charge on any atom is 0.252 e. The molecule has 1 atom stereocenters. The first kappa shape index (κ1) is 18.1. The molecular weight excluding hydrogens is 325 g/mol. The zero-order valence-corrected chi connectivity index (χ0v) is 13.8. The number of methoxy groups -OCH3 is 1. The summed E-state index contributed by atoms with van der Waals surface area (Å²) in [5.74, 6) is -2.18. The molecule has 2 N–H and O–H groups in total. The molecule has 0 spiro atoms. The Morgan fingerprint density at radius 2 is 1.92 bits per heavy atom. The zero-order valence-electron chi connectivity index (χ0n) is 13.8. The smallest absolute Gasteiger partial charge is 0.252 e. The van der Waals surface area contributed by atoms with Crippen LogP contribution in [0.3, 0.4) is 0 Å². The fourth-order valence-corrected chi connectivity index (χ4v) is 1.91. The van der Waals surface area contributed by atoms with Gasteiger partial charge in [0.15, 0.2) is 0 Å². The SMILES string of the molecule is COc1cccc(C=NNC(=O)C(C)C(=O)Nc2ccccc2F)c1. The predicted octanol–water partition coefficient (Wildman–Crippen LogP) is 2.56. The predicted molar refractivity (Wildman–Crippen MR) is 92.9 cm³/mol. The van der Waals surface area contributed by atoms with Crippen LogP contribution in [0, 0.1) is 11.7 Å². The molecule has 2 aromatic rings. The van der Waals surface area contributed by atoms with E-state index in [1.165, 1.54) is 31.3 Å². The summed E-state index contributed by atoms with van der Waals surface area (Å²) >= 11 is 0. The summed E-state index contributed by atoms with van der Waals surface area (Å²) in [6, 6.07) is 12.8. The number of anilines is 1. The normalized spacial score (nSPS) is 11.8. The Bertz CT molecular complexity index is 793. The molecular formula is C18H18FN3O3. The average molecular weight is 343 g/mol. The third-order valence-electron chi connectivity index (χ3n) is 3.40. The number of hydrogen-bond acceptors (Lipinski definition) is 4. The lowest BCUT2D eigenvalue weighted by Crippen LogP contribution is -2.34. The van der Waals surface area contributed by atoms with E-state index in [0.717, 1.165) is 5.56 Å². The van der Waals surface area contributed by atoms with Crippen LogP contribution in [0.1, 0.15) is 12.5 Å². The highest BCUT2D eigenvalue weighted by atomic mass is 19.1. The van der Waals surface area contributed by atoms with Gasteiger partial charge in [-0.2, -0.15) is 5.10 Å². The van der Waals surface area contributed by atoms with Gasteiger partial charge in [0.25, 0.3) is 5.91 Å². The van der Waals surface area contributed by atoms with Crippen LogP contribution >= 0.6 is 0 Å². The number of hydrazone groups is 1. The maximum atomic E-state index is 13.5. The number of ether oxygens (including phenoxy) is 1. The number of amides is 2. The minimum absolute atomic E-state index is 0.0204. The highest BCUT2D eigenvalue weighted by Gasteiger charge is 2.21. The summed E-state index contributed by atoms with van der Waals surface area (Å²) in [6.07, 6.45) is 1.43. The minimum Gasteiger partial charge on any atom is -0.497 e. The maximum absolute atomic E-state index is 13.5. The Balaban J connectivity index is 1.92. The van der Waals surface area contributed by atoms with E-state index in [2.05, 4.69) is 15.8 Å². The number of benzene rings is 2. The van der Waals surface area contributed by atoms with Gasteiger partial charge in [-0.3, -0.25) is 9.59 Å². The van der Waals surface area contributed by atoms with Gasteiger partial charge in [0, 0.05) is 0 Å². The summed E-state index contributed by atoms with van der Waals surface area (Å²) in [5, 5.41) is 6.18. The van der Waals surface area contributed by atoms with Crippen LogP contribution in [0.25, 0.3) is 0 Å². The van der Waals surface area contributed by atoms with Crippen molar-refractivity contribution < 1.29 is 18.7 Å². The molecule has 0 aromatic heterocycles. The molecule has 6 nitrogen and oxygen atoms in total. The van der Waals surface area contributed by atoms with Gasteiger partial charge in [0.1, 0.15) is 17.5 Å². The van der Waals surface area contributed by atoms with Gasteiger partial charge in [-0.05, 0) is 36.8 Å². The number of para-hydroxylation sites is 1. The molecule has 25 heavy (non-hydrogen) atoms. The Hall–Kier alpha value is -3.22. The average Bonchev–Trinajstić information content (AvgIpc) is 2.63. The Morgan fingerprint density at radius 1 is 1.16 bits per heavy atom. The van der Waals surface area contributed by atoms with Crippen LogP contribution in [0.4, 0.5) is 10.1 Å². The Morgan fingerprint density at radius 3 is 2.64 bits per heavy atom. The molecule has 7 heteroatoms. The van der Waals surface area contributed by atoms with E-state index in [9.17, 15) is 14.0 Å². The molecule has 0 saturated heterocycles. The van der Waals surface area contributed by atoms with E-state index in [0.29, 0.717) is 5.75 Å². The molecule has 0 saturated carbocycles. The fourth-order valence-electron chi connectivity index (χ4n) is 1.91. The number of nitrogens with zero attached hydrogens (tertiary/aromatic N) is 1. The summed E-state index contributed by atoms with van der Waals surface area (Å²) in [4.78, 5) is 24.0. The number of hydrogen-bond donors (Lipinski definition) is 2. The quantitative estimate of drug-likeness (QED) is 0.481. The summed E-state index contributed by atoms with van der Waals surface area (Å²) < 4.78 is 18.6. The van der Waals surface area contributed by atoms with Gasteiger partial charge in [0.2, 0.25) is 5.91 Å². The number of rotatable bonds is 6. The van der Waals surface area contributed by atoms with Crippen LogP contribution < -0.4 is 15.5 Å². The van der Waals surface area contributed by atoms with Crippen molar-refractivity contribution in [1.82, 2.24) is 5.43 Å². The van der Waals surface area contributed by atoms with Crippen molar-refractivity contribution >= 4 is 23.7 Å². The zero-order chi connectivity index (χ0) is 18.2. The van der Waals surface area contributed by atoms with E-state index in [1.807, 2.05) is 0 Å². The lowest BCUT2D eigenvalue weighted by atomic mass is 10.1. The van der Waals surface area contributed by atoms with Gasteiger partial charge in [-0.1, -0.05) is 24.3 Å². The minimum atomic E-state index is -1.04. The van der Waals surface area contributed by atoms with Gasteiger partial charge < -0.3 is 10.1 Å². The van der Waals surface area contributed by atoms with Crippen LogP contribution in [-0.2, 0) is 9.59 Å². The largest absolute Gasteiger partial charge is 0.497 e. The standard InChI is InChI=1S/C18H18FN3O3/c1-12(17(23)21-16-9-4-3-8-15(16)19)18(24)22-20-11-13-6-5-7-14(10-13)25-2/h3-12H,1-2H3,(H,21,23)(H,22,24). The molecule has 0 fully saturated rings. The van der Waals surface area contributed by atoms with Crippen molar-refractivity contribution in [3.05, 3.63) is 59.9 Å². The van der Waals surface area contributed by atoms with Crippen molar-refractivity contribution in [2.24, 2.45) is 11.0 Å². The van der Waals surface area contributed by atoms with Crippen LogP contribution in [-0.4, -0.2) is 25.1 Å². The second kappa shape index (κ2) is 8.58. The molecule has 0 aliphatic carbocycles. The second-order valence-electron chi connectivity index (χ2n) is 5.20. The number of halogens is 1. The van der Waals surface area contributed by atoms with Crippen LogP contribution in [0.2, 0.25) is 0 Å². The lowest BCUT2D eigenvalue weighted by Gasteiger charge is -2.11. The highest BCUT2D eigenvalue weighted by molar-refractivity contribution is 6.06. The molecule has 130 valence electrons. The van der Waals surface area contributed by atoms with E-state index >= 15 is 0 Å². The molecule has 0 aliphatic rings. The van der Waals surface area contributed by atoms with Gasteiger partial charge in [-0.25, -0.2) is 9.82 Å². The molecule has 0 aliphatic heterocycles. The summed E-state index contributed by atoms with van der Waals surface area (Å²) in [6.45, 7) is 1.41. The van der Waals surface area contributed by atoms with Crippen molar-refractivity contribution in [2.75, 3.05) is 12.4 Å². The van der Waals surface area contributed by atoms with Crippen molar-refractivity contribution in [3.8, 4) is 5.75 Å². The van der Waals surface area contributed by atoms with Gasteiger partial charge in [0.05, 0.1) is 19.0 Å². The van der Waals surface area contributed by atoms with E-state index < -0.39 is 23.5 Å². The molecule has 0 heterocycles. The first-order valence-corrected chi connectivity index (χ1v) is 7.53. The molecule has 2 amide bonds. The first-order valence-electron chi connectivity index (χ1n) is 7.53. The summed E-state index contributed by atoms with van der Waals surface area (Å²) in [7, 11) is 1.55. The molecule has 2 rings (SSSR count). The fraction of sp³-hybridized carbons (Fsp3) is 0.167. The molecule has 0 bridgehead atoms. The van der Waals surface area contributed by atoms with Crippen molar-refractivity contribution in [2.45, 2.75) is 6.92 Å². The number of carbonyl (C=O) groups excluding carboxylic acids is 2. The Kier molecular flexibility index (Phi) is 6.22. The summed E-state index contributed by atoms with van der Waals surface area (Å²) in [5.41, 5.74) is 3.03. The molecule has 0 radical (unpaired) electrons. The van der Waals surface area contributed by atoms with Crippen molar-refractivity contribution in [1.29, 1.82) is 0 Å². The third-order valence-corrected chi connectivity index (χ3v) is 3.40. The lowest BCUT2D eigenvalue weighted by molar-refractivity contribution is -0.131. The van der Waals surface area contributed by atoms with E-state index in [4.69, 9.17) is 4.74 Å². The third kappa shape index (κ3) is 5.13. The molecule has 2 aromatic carbocycles. The highest BCUT2D eigenvalue weighted by Crippen LogP contribution is 2.14. The topological polar surface area (TPSA) is 79.8 Å². The number of carbonyl (C=O) groups is 2. The Labute approximate surface area is 144 Å². The second-order valence-corrected chi connectivity index (χ2v) is 5.20. The monoisotopic (exact) mass is 343 g/mol. The number of nitrogens with one attached hydrogen (secondary N) is 2. The molecule has 1 unspecified atom stereocenters. The van der Waals surface area contributed by atoms with Gasteiger partial charge >= 0.3 is 0 Å². The van der Waals surface area contributed by atoms with E-state index in [1.54, 1.807) is 37.4 Å². The van der Waals surface area contributed by atoms with Gasteiger partial charge in [-0.15, -0.1) is 0 Å². The first-order chi connectivity index (χ1) is 12.0. The van der Waals surface area contributed by atoms with E-state index in [-0.39, 0.29) is 5.69 Å². The van der Waals surface area contributed by atoms with Crippen LogP contribution in [0.5, 0.6) is 5.75 Å².